The highest BCUT2D eigenvalue weighted by Crippen LogP contribution is 2.22. The molecule has 0 atom stereocenters. The third-order valence-corrected chi connectivity index (χ3v) is 2.96. The Bertz CT molecular complexity index is 429. The molecule has 0 aliphatic rings. The van der Waals surface area contributed by atoms with Crippen LogP contribution in [0.15, 0.2) is 24.4 Å². The van der Waals surface area contributed by atoms with Gasteiger partial charge in [-0.1, -0.05) is 11.6 Å². The summed E-state index contributed by atoms with van der Waals surface area (Å²) in [6.07, 6.45) is 2.16. The summed E-state index contributed by atoms with van der Waals surface area (Å²) in [6.45, 7) is 2.13. The van der Waals surface area contributed by atoms with Gasteiger partial charge in [-0.15, -0.1) is 0 Å². The topological polar surface area (TPSA) is 4.93 Å². The zero-order valence-corrected chi connectivity index (χ0v) is 9.29. The third-order valence-electron chi connectivity index (χ3n) is 2.10. The SMILES string of the molecule is Cc1ccc2c(c1)c(I)cn2C. The van der Waals surface area contributed by atoms with Gasteiger partial charge in [-0.2, -0.15) is 0 Å². The van der Waals surface area contributed by atoms with Crippen molar-refractivity contribution in [2.75, 3.05) is 0 Å². The van der Waals surface area contributed by atoms with Gasteiger partial charge in [0.15, 0.2) is 0 Å². The average Bonchev–Trinajstić information content (AvgIpc) is 2.28. The Morgan fingerprint density at radius 3 is 2.83 bits per heavy atom. The molecule has 12 heavy (non-hydrogen) atoms. The van der Waals surface area contributed by atoms with Crippen molar-refractivity contribution in [2.24, 2.45) is 7.05 Å². The number of fused-ring (bicyclic) bond motifs is 1. The molecule has 0 aliphatic heterocycles. The molecule has 1 aromatic heterocycles. The van der Waals surface area contributed by atoms with E-state index in [2.05, 4.69) is 65.5 Å². The number of halogens is 1. The number of hydrogen-bond donors (Lipinski definition) is 0. The lowest BCUT2D eigenvalue weighted by atomic mass is 10.2. The Morgan fingerprint density at radius 1 is 1.33 bits per heavy atom. The van der Waals surface area contributed by atoms with Crippen molar-refractivity contribution in [2.45, 2.75) is 6.92 Å². The monoisotopic (exact) mass is 271 g/mol. The Labute approximate surface area is 85.5 Å². The molecule has 0 saturated heterocycles. The molecule has 0 radical (unpaired) electrons. The number of aryl methyl sites for hydroxylation is 2. The van der Waals surface area contributed by atoms with Crippen LogP contribution in [0.1, 0.15) is 5.56 Å². The maximum Gasteiger partial charge on any atom is 0.0488 e. The molecule has 1 aromatic carbocycles. The fourth-order valence-electron chi connectivity index (χ4n) is 1.46. The second-order valence-electron chi connectivity index (χ2n) is 3.11. The van der Waals surface area contributed by atoms with Gasteiger partial charge < -0.3 is 4.57 Å². The van der Waals surface area contributed by atoms with Crippen LogP contribution in [0.5, 0.6) is 0 Å². The van der Waals surface area contributed by atoms with Crippen molar-refractivity contribution in [1.29, 1.82) is 0 Å². The fraction of sp³-hybridized carbons (Fsp3) is 0.200. The maximum atomic E-state index is 2.37. The van der Waals surface area contributed by atoms with Gasteiger partial charge in [0.1, 0.15) is 0 Å². The van der Waals surface area contributed by atoms with Crippen molar-refractivity contribution < 1.29 is 0 Å². The van der Waals surface area contributed by atoms with Crippen molar-refractivity contribution in [3.8, 4) is 0 Å². The van der Waals surface area contributed by atoms with Crippen LogP contribution >= 0.6 is 22.6 Å². The molecule has 0 fully saturated rings. The van der Waals surface area contributed by atoms with E-state index in [-0.39, 0.29) is 0 Å². The molecule has 0 spiro atoms. The molecule has 0 bridgehead atoms. The van der Waals surface area contributed by atoms with Gasteiger partial charge in [-0.05, 0) is 41.6 Å². The van der Waals surface area contributed by atoms with E-state index in [9.17, 15) is 0 Å². The van der Waals surface area contributed by atoms with E-state index in [1.807, 2.05) is 0 Å². The summed E-state index contributed by atoms with van der Waals surface area (Å²) in [7, 11) is 2.08. The molecule has 0 amide bonds. The highest BCUT2D eigenvalue weighted by Gasteiger charge is 2.02. The predicted octanol–water partition coefficient (Wildman–Crippen LogP) is 3.09. The second kappa shape index (κ2) is 2.76. The van der Waals surface area contributed by atoms with E-state index in [4.69, 9.17) is 0 Å². The zero-order chi connectivity index (χ0) is 8.72. The summed E-state index contributed by atoms with van der Waals surface area (Å²) in [5.41, 5.74) is 2.64. The fourth-order valence-corrected chi connectivity index (χ4v) is 2.31. The number of aromatic nitrogens is 1. The number of hydrogen-bond acceptors (Lipinski definition) is 0. The quantitative estimate of drug-likeness (QED) is 0.649. The Morgan fingerprint density at radius 2 is 2.08 bits per heavy atom. The molecule has 2 rings (SSSR count). The highest BCUT2D eigenvalue weighted by molar-refractivity contribution is 14.1. The molecule has 1 nitrogen and oxygen atoms in total. The van der Waals surface area contributed by atoms with E-state index < -0.39 is 0 Å². The van der Waals surface area contributed by atoms with Gasteiger partial charge in [0, 0.05) is 27.7 Å². The van der Waals surface area contributed by atoms with Crippen LogP contribution in [-0.2, 0) is 7.05 Å². The molecule has 0 unspecified atom stereocenters. The number of nitrogens with zero attached hydrogens (tertiary/aromatic N) is 1. The van der Waals surface area contributed by atoms with Crippen LogP contribution in [-0.4, -0.2) is 4.57 Å². The maximum absolute atomic E-state index is 2.37. The number of rotatable bonds is 0. The van der Waals surface area contributed by atoms with Crippen molar-refractivity contribution >= 4 is 33.5 Å². The van der Waals surface area contributed by atoms with Crippen molar-refractivity contribution in [1.82, 2.24) is 4.57 Å². The smallest absolute Gasteiger partial charge is 0.0488 e. The van der Waals surface area contributed by atoms with Gasteiger partial charge in [-0.25, -0.2) is 0 Å². The second-order valence-corrected chi connectivity index (χ2v) is 4.27. The molecular weight excluding hydrogens is 261 g/mol. The van der Waals surface area contributed by atoms with Crippen molar-refractivity contribution in [3.63, 3.8) is 0 Å². The third kappa shape index (κ3) is 1.14. The van der Waals surface area contributed by atoms with Crippen LogP contribution in [0.4, 0.5) is 0 Å². The van der Waals surface area contributed by atoms with E-state index in [1.54, 1.807) is 0 Å². The molecular formula is C10H10IN. The first-order valence-electron chi connectivity index (χ1n) is 3.89. The molecule has 0 N–H and O–H groups in total. The van der Waals surface area contributed by atoms with Crippen molar-refractivity contribution in [3.05, 3.63) is 33.5 Å². The van der Waals surface area contributed by atoms with Gasteiger partial charge in [0.05, 0.1) is 0 Å². The van der Waals surface area contributed by atoms with Crippen LogP contribution < -0.4 is 0 Å². The van der Waals surface area contributed by atoms with E-state index in [1.165, 1.54) is 20.0 Å². The van der Waals surface area contributed by atoms with E-state index >= 15 is 0 Å². The lowest BCUT2D eigenvalue weighted by Crippen LogP contribution is -1.82. The summed E-state index contributed by atoms with van der Waals surface area (Å²) >= 11 is 2.37. The van der Waals surface area contributed by atoms with Gasteiger partial charge in [0.25, 0.3) is 0 Å². The summed E-state index contributed by atoms with van der Waals surface area (Å²) in [5, 5.41) is 1.36. The standard InChI is InChI=1S/C10H10IN/c1-7-3-4-10-8(5-7)9(11)6-12(10)2/h3-6H,1-2H3. The largest absolute Gasteiger partial charge is 0.349 e. The average molecular weight is 271 g/mol. The first kappa shape index (κ1) is 8.10. The van der Waals surface area contributed by atoms with Gasteiger partial charge >= 0.3 is 0 Å². The van der Waals surface area contributed by atoms with Gasteiger partial charge in [0.2, 0.25) is 0 Å². The normalized spacial score (nSPS) is 10.9. The van der Waals surface area contributed by atoms with Crippen LogP contribution in [0.2, 0.25) is 0 Å². The minimum Gasteiger partial charge on any atom is -0.349 e. The van der Waals surface area contributed by atoms with E-state index in [0.29, 0.717) is 0 Å². The number of benzene rings is 1. The Kier molecular flexibility index (Phi) is 1.87. The lowest BCUT2D eigenvalue weighted by molar-refractivity contribution is 0.966. The molecule has 2 heteroatoms. The summed E-state index contributed by atoms with van der Waals surface area (Å²) in [5.74, 6) is 0. The minimum atomic E-state index is 1.31. The van der Waals surface area contributed by atoms with Crippen LogP contribution in [0.3, 0.4) is 0 Å². The summed E-state index contributed by atoms with van der Waals surface area (Å²) in [4.78, 5) is 0. The molecule has 0 aliphatic carbocycles. The summed E-state index contributed by atoms with van der Waals surface area (Å²) < 4.78 is 3.49. The lowest BCUT2D eigenvalue weighted by Gasteiger charge is -1.96. The van der Waals surface area contributed by atoms with Gasteiger partial charge in [-0.3, -0.25) is 0 Å². The van der Waals surface area contributed by atoms with Crippen LogP contribution in [0, 0.1) is 10.5 Å². The molecule has 2 aromatic rings. The molecule has 62 valence electrons. The highest BCUT2D eigenvalue weighted by atomic mass is 127. The Hall–Kier alpha value is -0.510. The van der Waals surface area contributed by atoms with Crippen LogP contribution in [0.25, 0.3) is 10.9 Å². The zero-order valence-electron chi connectivity index (χ0n) is 7.13. The molecule has 0 saturated carbocycles. The molecule has 1 heterocycles. The summed E-state index contributed by atoms with van der Waals surface area (Å²) in [6, 6.07) is 6.56. The predicted molar refractivity (Wildman–Crippen MR) is 60.4 cm³/mol. The minimum absolute atomic E-state index is 1.31. The Balaban J connectivity index is 2.90. The first-order valence-corrected chi connectivity index (χ1v) is 4.97. The first-order chi connectivity index (χ1) is 5.68. The van der Waals surface area contributed by atoms with E-state index in [0.717, 1.165) is 0 Å².